The van der Waals surface area contributed by atoms with Crippen LogP contribution < -0.4 is 0 Å². The fraction of sp³-hybridized carbons (Fsp3) is 0.0435. The highest BCUT2D eigenvalue weighted by atomic mass is 35.5. The van der Waals surface area contributed by atoms with Gasteiger partial charge in [0.1, 0.15) is 0 Å². The number of hydrogen-bond donors (Lipinski definition) is 2. The zero-order chi connectivity index (χ0) is 20.7. The number of benzene rings is 3. The molecule has 0 spiro atoms. The molecule has 3 aromatic carbocycles. The Bertz CT molecular complexity index is 1430. The summed E-state index contributed by atoms with van der Waals surface area (Å²) in [6, 6.07) is 21.0. The second-order valence-electron chi connectivity index (χ2n) is 6.92. The first-order valence-electron chi connectivity index (χ1n) is 9.35. The number of aromatic amines is 1. The average Bonchev–Trinajstić information content (AvgIpc) is 3.09. The molecule has 0 radical (unpaired) electrons. The minimum absolute atomic E-state index is 0.0427. The Labute approximate surface area is 176 Å². The second kappa shape index (κ2) is 7.24. The van der Waals surface area contributed by atoms with Crippen molar-refractivity contribution in [3.8, 4) is 17.1 Å². The number of halogens is 1. The third-order valence-corrected chi connectivity index (χ3v) is 5.16. The van der Waals surface area contributed by atoms with Gasteiger partial charge in [-0.2, -0.15) is 0 Å². The Balaban J connectivity index is 1.67. The van der Waals surface area contributed by atoms with E-state index in [0.717, 1.165) is 33.1 Å². The smallest absolute Gasteiger partial charge is 0.270 e. The van der Waals surface area contributed by atoms with Gasteiger partial charge in [-0.3, -0.25) is 0 Å². The number of aromatic hydroxyl groups is 1. The van der Waals surface area contributed by atoms with Gasteiger partial charge in [-0.25, -0.2) is 9.97 Å². The van der Waals surface area contributed by atoms with E-state index in [1.165, 1.54) is 0 Å². The largest absolute Gasteiger partial charge is 0.493 e. The van der Waals surface area contributed by atoms with Gasteiger partial charge in [-0.05, 0) is 30.7 Å². The van der Waals surface area contributed by atoms with E-state index in [-0.39, 0.29) is 11.8 Å². The Morgan fingerprint density at radius 3 is 2.57 bits per heavy atom. The number of nitrogens with one attached hydrogen (secondary N) is 1. The van der Waals surface area contributed by atoms with Crippen LogP contribution in [0.5, 0.6) is 5.88 Å². The quantitative estimate of drug-likeness (QED) is 0.316. The highest BCUT2D eigenvalue weighted by Gasteiger charge is 2.13. The average molecular weight is 414 g/mol. The van der Waals surface area contributed by atoms with Gasteiger partial charge in [0.25, 0.3) is 5.95 Å². The number of para-hydroxylation sites is 1. The van der Waals surface area contributed by atoms with E-state index >= 15 is 0 Å². The Kier molecular flexibility index (Phi) is 4.41. The van der Waals surface area contributed by atoms with Gasteiger partial charge in [0, 0.05) is 21.4 Å². The molecule has 0 aliphatic heterocycles. The van der Waals surface area contributed by atoms with Crippen molar-refractivity contribution in [3.63, 3.8) is 0 Å². The minimum Gasteiger partial charge on any atom is -0.493 e. The maximum absolute atomic E-state index is 10.3. The van der Waals surface area contributed by atoms with Crippen molar-refractivity contribution in [1.29, 1.82) is 0 Å². The number of aromatic nitrogens is 3. The highest BCUT2D eigenvalue weighted by Crippen LogP contribution is 2.37. The van der Waals surface area contributed by atoms with Gasteiger partial charge in [0.15, 0.2) is 5.69 Å². The van der Waals surface area contributed by atoms with Crippen molar-refractivity contribution in [3.05, 3.63) is 77.3 Å². The van der Waals surface area contributed by atoms with E-state index in [1.54, 1.807) is 6.07 Å². The van der Waals surface area contributed by atoms with Gasteiger partial charge in [-0.15, -0.1) is 10.2 Å². The molecule has 5 aromatic rings. The third kappa shape index (κ3) is 3.17. The molecule has 2 aromatic heterocycles. The van der Waals surface area contributed by atoms with Crippen LogP contribution in [0.15, 0.2) is 77.0 Å². The number of rotatable bonds is 3. The molecule has 0 bridgehead atoms. The van der Waals surface area contributed by atoms with Crippen molar-refractivity contribution in [2.45, 2.75) is 6.92 Å². The van der Waals surface area contributed by atoms with Gasteiger partial charge in [0.05, 0.1) is 16.7 Å². The fourth-order valence-corrected chi connectivity index (χ4v) is 3.65. The van der Waals surface area contributed by atoms with E-state index in [2.05, 4.69) is 25.2 Å². The predicted molar refractivity (Wildman–Crippen MR) is 119 cm³/mol. The number of H-pyrrole nitrogens is 1. The van der Waals surface area contributed by atoms with Crippen LogP contribution in [0, 0.1) is 6.92 Å². The molecule has 5 rings (SSSR count). The van der Waals surface area contributed by atoms with Gasteiger partial charge >= 0.3 is 0 Å². The molecule has 2 N–H and O–H groups in total. The van der Waals surface area contributed by atoms with Crippen LogP contribution in [0.1, 0.15) is 5.56 Å². The van der Waals surface area contributed by atoms with Crippen molar-refractivity contribution < 1.29 is 5.11 Å². The molecule has 0 aliphatic carbocycles. The standard InChI is InChI=1S/C23H16ClN5O/c1-13-6-5-9-16-19(13)26-22(30)21(16)28-29-23-25-18-11-10-15(24)12-17(18)20(27-23)14-7-3-2-4-8-14/h2-12,26,30H,1H3. The molecule has 0 amide bonds. The summed E-state index contributed by atoms with van der Waals surface area (Å²) in [4.78, 5) is 12.1. The van der Waals surface area contributed by atoms with Gasteiger partial charge in [0.2, 0.25) is 5.88 Å². The maximum Gasteiger partial charge on any atom is 0.270 e. The van der Waals surface area contributed by atoms with Crippen molar-refractivity contribution in [1.82, 2.24) is 15.0 Å². The van der Waals surface area contributed by atoms with Crippen LogP contribution in [0.2, 0.25) is 5.02 Å². The molecule has 0 saturated heterocycles. The molecule has 0 aliphatic rings. The molecule has 6 nitrogen and oxygen atoms in total. The number of azo groups is 1. The summed E-state index contributed by atoms with van der Waals surface area (Å²) in [5.41, 5.74) is 4.54. The first-order chi connectivity index (χ1) is 14.6. The van der Waals surface area contributed by atoms with Crippen LogP contribution >= 0.6 is 11.6 Å². The summed E-state index contributed by atoms with van der Waals surface area (Å²) in [5, 5.41) is 21.0. The third-order valence-electron chi connectivity index (χ3n) is 4.93. The van der Waals surface area contributed by atoms with Gasteiger partial charge in [-0.1, -0.05) is 60.1 Å². The van der Waals surface area contributed by atoms with E-state index in [4.69, 9.17) is 11.6 Å². The van der Waals surface area contributed by atoms with Crippen LogP contribution in [0.4, 0.5) is 11.6 Å². The number of aryl methyl sites for hydroxylation is 1. The Morgan fingerprint density at radius 2 is 1.73 bits per heavy atom. The van der Waals surface area contributed by atoms with Crippen LogP contribution in [-0.2, 0) is 0 Å². The summed E-state index contributed by atoms with van der Waals surface area (Å²) in [5.74, 6) is 0.156. The summed E-state index contributed by atoms with van der Waals surface area (Å²) < 4.78 is 0. The lowest BCUT2D eigenvalue weighted by molar-refractivity contribution is 0.459. The molecule has 2 heterocycles. The molecule has 146 valence electrons. The lowest BCUT2D eigenvalue weighted by Gasteiger charge is -2.07. The van der Waals surface area contributed by atoms with Crippen molar-refractivity contribution in [2.75, 3.05) is 0 Å². The monoisotopic (exact) mass is 413 g/mol. The molecule has 0 atom stereocenters. The van der Waals surface area contributed by atoms with Crippen LogP contribution in [0.3, 0.4) is 0 Å². The van der Waals surface area contributed by atoms with E-state index in [9.17, 15) is 5.11 Å². The number of fused-ring (bicyclic) bond motifs is 2. The van der Waals surface area contributed by atoms with E-state index in [1.807, 2.05) is 67.6 Å². The van der Waals surface area contributed by atoms with Crippen LogP contribution in [0.25, 0.3) is 33.1 Å². The summed E-state index contributed by atoms with van der Waals surface area (Å²) in [7, 11) is 0. The van der Waals surface area contributed by atoms with Gasteiger partial charge < -0.3 is 10.1 Å². The molecule has 0 saturated carbocycles. The summed E-state index contributed by atoms with van der Waals surface area (Å²) in [6.07, 6.45) is 0. The molecule has 7 heteroatoms. The molecule has 0 unspecified atom stereocenters. The van der Waals surface area contributed by atoms with Crippen molar-refractivity contribution >= 4 is 45.0 Å². The fourth-order valence-electron chi connectivity index (χ4n) is 3.48. The first kappa shape index (κ1) is 18.3. The number of hydrogen-bond acceptors (Lipinski definition) is 5. The summed E-state index contributed by atoms with van der Waals surface area (Å²) >= 11 is 6.20. The molecule has 0 fully saturated rings. The zero-order valence-corrected chi connectivity index (χ0v) is 16.7. The Morgan fingerprint density at radius 1 is 0.900 bits per heavy atom. The first-order valence-corrected chi connectivity index (χ1v) is 9.72. The SMILES string of the molecule is Cc1cccc2c(N=Nc3nc(-c4ccccc4)c4cc(Cl)ccc4n3)c(O)[nH]c12. The lowest BCUT2D eigenvalue weighted by Crippen LogP contribution is -1.90. The van der Waals surface area contributed by atoms with Crippen molar-refractivity contribution in [2.24, 2.45) is 10.2 Å². The predicted octanol–water partition coefficient (Wildman–Crippen LogP) is 6.86. The van der Waals surface area contributed by atoms with E-state index in [0.29, 0.717) is 16.2 Å². The molecule has 30 heavy (non-hydrogen) atoms. The molecular formula is C23H16ClN5O. The van der Waals surface area contributed by atoms with E-state index < -0.39 is 0 Å². The molecular weight excluding hydrogens is 398 g/mol. The highest BCUT2D eigenvalue weighted by molar-refractivity contribution is 6.31. The second-order valence-corrected chi connectivity index (χ2v) is 7.36. The Hall–Kier alpha value is -3.77. The summed E-state index contributed by atoms with van der Waals surface area (Å²) in [6.45, 7) is 1.96. The minimum atomic E-state index is -0.0427. The normalized spacial score (nSPS) is 11.7. The topological polar surface area (TPSA) is 86.5 Å². The van der Waals surface area contributed by atoms with Crippen LogP contribution in [-0.4, -0.2) is 20.1 Å². The zero-order valence-electron chi connectivity index (χ0n) is 16.0. The maximum atomic E-state index is 10.3. The number of nitrogens with zero attached hydrogens (tertiary/aromatic N) is 4. The lowest BCUT2D eigenvalue weighted by atomic mass is 10.1.